The van der Waals surface area contributed by atoms with Crippen molar-refractivity contribution in [2.24, 2.45) is 0 Å². The molecule has 130 valence electrons. The van der Waals surface area contributed by atoms with Gasteiger partial charge >= 0.3 is 0 Å². The Bertz CT molecular complexity index is 537. The van der Waals surface area contributed by atoms with Gasteiger partial charge in [0.05, 0.1) is 7.11 Å². The van der Waals surface area contributed by atoms with Gasteiger partial charge in [-0.3, -0.25) is 0 Å². The molecule has 1 aliphatic rings. The Morgan fingerprint density at radius 3 is 2.61 bits per heavy atom. The molecule has 1 aromatic rings. The molecule has 0 amide bonds. The average Bonchev–Trinajstić information content (AvgIpc) is 2.48. The molecule has 0 aliphatic carbocycles. The smallest absolute Gasteiger partial charge is 0.125 e. The predicted molar refractivity (Wildman–Crippen MR) is 99.7 cm³/mol. The van der Waals surface area contributed by atoms with Gasteiger partial charge in [0, 0.05) is 42.0 Å². The van der Waals surface area contributed by atoms with Gasteiger partial charge in [-0.2, -0.15) is 0 Å². The second kappa shape index (κ2) is 7.12. The molecule has 1 heterocycles. The Morgan fingerprint density at radius 2 is 2.04 bits per heavy atom. The number of hydrogen-bond donors (Lipinski definition) is 1. The zero-order valence-corrected chi connectivity index (χ0v) is 16.0. The second-order valence-electron chi connectivity index (χ2n) is 7.83. The number of methoxy groups -OCH3 is 1. The standard InChI is InChI=1S/C20H34N2O/c1-8-9-22-18-11-19(23-7)16(13-21-14(2)3)10-17(18)15(4)12-20(22,5)6/h10-11,14-15,21H,8-9,12-13H2,1-7H3. The SMILES string of the molecule is CCCN1c2cc(OC)c(CNC(C)C)cc2C(C)CC1(C)C. The zero-order chi connectivity index (χ0) is 17.2. The van der Waals surface area contributed by atoms with E-state index in [-0.39, 0.29) is 5.54 Å². The highest BCUT2D eigenvalue weighted by molar-refractivity contribution is 5.64. The largest absolute Gasteiger partial charge is 0.496 e. The first kappa shape index (κ1) is 18.1. The highest BCUT2D eigenvalue weighted by Crippen LogP contribution is 2.45. The van der Waals surface area contributed by atoms with Crippen LogP contribution in [0.15, 0.2) is 12.1 Å². The summed E-state index contributed by atoms with van der Waals surface area (Å²) in [7, 11) is 1.78. The fourth-order valence-corrected chi connectivity index (χ4v) is 3.85. The van der Waals surface area contributed by atoms with Crippen LogP contribution in [0, 0.1) is 0 Å². The lowest BCUT2D eigenvalue weighted by molar-refractivity contribution is 0.371. The van der Waals surface area contributed by atoms with Crippen LogP contribution in [0.1, 0.15) is 71.4 Å². The highest BCUT2D eigenvalue weighted by atomic mass is 16.5. The van der Waals surface area contributed by atoms with Crippen LogP contribution < -0.4 is 15.0 Å². The van der Waals surface area contributed by atoms with E-state index in [2.05, 4.69) is 63.9 Å². The van der Waals surface area contributed by atoms with E-state index < -0.39 is 0 Å². The van der Waals surface area contributed by atoms with Crippen LogP contribution in [0.4, 0.5) is 5.69 Å². The lowest BCUT2D eigenvalue weighted by atomic mass is 9.79. The van der Waals surface area contributed by atoms with E-state index in [0.29, 0.717) is 12.0 Å². The van der Waals surface area contributed by atoms with E-state index in [1.165, 1.54) is 23.2 Å². The van der Waals surface area contributed by atoms with E-state index in [9.17, 15) is 0 Å². The van der Waals surface area contributed by atoms with E-state index >= 15 is 0 Å². The van der Waals surface area contributed by atoms with E-state index in [0.717, 1.165) is 25.3 Å². The van der Waals surface area contributed by atoms with Crippen molar-refractivity contribution in [1.82, 2.24) is 5.32 Å². The first-order chi connectivity index (χ1) is 10.8. The summed E-state index contributed by atoms with van der Waals surface area (Å²) >= 11 is 0. The minimum Gasteiger partial charge on any atom is -0.496 e. The molecule has 3 heteroatoms. The molecular weight excluding hydrogens is 284 g/mol. The molecule has 1 atom stereocenters. The molecule has 1 N–H and O–H groups in total. The van der Waals surface area contributed by atoms with Crippen molar-refractivity contribution in [3.8, 4) is 5.75 Å². The van der Waals surface area contributed by atoms with E-state index in [1.54, 1.807) is 7.11 Å². The van der Waals surface area contributed by atoms with Crippen molar-refractivity contribution >= 4 is 5.69 Å². The number of fused-ring (bicyclic) bond motifs is 1. The molecule has 0 radical (unpaired) electrons. The van der Waals surface area contributed by atoms with Gasteiger partial charge in [0.15, 0.2) is 0 Å². The molecule has 3 nitrogen and oxygen atoms in total. The first-order valence-electron chi connectivity index (χ1n) is 9.02. The predicted octanol–water partition coefficient (Wildman–Crippen LogP) is 4.70. The zero-order valence-electron chi connectivity index (χ0n) is 16.0. The quantitative estimate of drug-likeness (QED) is 0.823. The van der Waals surface area contributed by atoms with Crippen molar-refractivity contribution in [2.45, 2.75) is 78.4 Å². The maximum absolute atomic E-state index is 5.71. The molecule has 0 saturated carbocycles. The summed E-state index contributed by atoms with van der Waals surface area (Å²) in [6, 6.07) is 5.11. The number of nitrogens with one attached hydrogen (secondary N) is 1. The van der Waals surface area contributed by atoms with Crippen molar-refractivity contribution in [1.29, 1.82) is 0 Å². The summed E-state index contributed by atoms with van der Waals surface area (Å²) in [4.78, 5) is 2.57. The lowest BCUT2D eigenvalue weighted by Gasteiger charge is -2.48. The molecular formula is C20H34N2O. The normalized spacial score (nSPS) is 19.8. The molecule has 23 heavy (non-hydrogen) atoms. The Balaban J connectivity index is 2.46. The van der Waals surface area contributed by atoms with Crippen LogP contribution in [-0.4, -0.2) is 25.2 Å². The second-order valence-corrected chi connectivity index (χ2v) is 7.83. The molecule has 0 aromatic heterocycles. The number of ether oxygens (including phenoxy) is 1. The molecule has 1 unspecified atom stereocenters. The van der Waals surface area contributed by atoms with Gasteiger partial charge in [-0.15, -0.1) is 0 Å². The minimum atomic E-state index is 0.200. The highest BCUT2D eigenvalue weighted by Gasteiger charge is 2.36. The monoisotopic (exact) mass is 318 g/mol. The molecule has 0 fully saturated rings. The number of rotatable bonds is 6. The van der Waals surface area contributed by atoms with Gasteiger partial charge in [-0.05, 0) is 44.2 Å². The lowest BCUT2D eigenvalue weighted by Crippen LogP contribution is -2.48. The number of benzene rings is 1. The maximum Gasteiger partial charge on any atom is 0.125 e. The molecule has 1 aliphatic heterocycles. The van der Waals surface area contributed by atoms with Crippen LogP contribution in [0.2, 0.25) is 0 Å². The number of hydrogen-bond acceptors (Lipinski definition) is 3. The van der Waals surface area contributed by atoms with Crippen LogP contribution in [0.25, 0.3) is 0 Å². The van der Waals surface area contributed by atoms with Crippen molar-refractivity contribution < 1.29 is 4.74 Å². The van der Waals surface area contributed by atoms with Crippen molar-refractivity contribution in [3.63, 3.8) is 0 Å². The third kappa shape index (κ3) is 3.82. The summed E-state index contributed by atoms with van der Waals surface area (Å²) in [6.45, 7) is 15.7. The third-order valence-corrected chi connectivity index (χ3v) is 4.94. The van der Waals surface area contributed by atoms with Gasteiger partial charge in [-0.1, -0.05) is 27.7 Å². The number of nitrogens with zero attached hydrogens (tertiary/aromatic N) is 1. The molecule has 1 aromatic carbocycles. The summed E-state index contributed by atoms with van der Waals surface area (Å²) in [5.74, 6) is 1.58. The topological polar surface area (TPSA) is 24.5 Å². The fraction of sp³-hybridized carbons (Fsp3) is 0.700. The molecule has 0 bridgehead atoms. The maximum atomic E-state index is 5.71. The van der Waals surface area contributed by atoms with Crippen LogP contribution in [0.5, 0.6) is 5.75 Å². The Hall–Kier alpha value is -1.22. The Kier molecular flexibility index (Phi) is 5.61. The third-order valence-electron chi connectivity index (χ3n) is 4.94. The first-order valence-corrected chi connectivity index (χ1v) is 9.02. The summed E-state index contributed by atoms with van der Waals surface area (Å²) in [5, 5.41) is 3.52. The van der Waals surface area contributed by atoms with Gasteiger partial charge < -0.3 is 15.0 Å². The van der Waals surface area contributed by atoms with E-state index in [4.69, 9.17) is 4.74 Å². The Morgan fingerprint density at radius 1 is 1.35 bits per heavy atom. The fourth-order valence-electron chi connectivity index (χ4n) is 3.85. The minimum absolute atomic E-state index is 0.200. The van der Waals surface area contributed by atoms with Crippen LogP contribution in [-0.2, 0) is 6.54 Å². The molecule has 2 rings (SSSR count). The van der Waals surface area contributed by atoms with Crippen molar-refractivity contribution in [3.05, 3.63) is 23.3 Å². The van der Waals surface area contributed by atoms with Gasteiger partial charge in [0.1, 0.15) is 5.75 Å². The van der Waals surface area contributed by atoms with Crippen molar-refractivity contribution in [2.75, 3.05) is 18.6 Å². The van der Waals surface area contributed by atoms with Crippen LogP contribution >= 0.6 is 0 Å². The van der Waals surface area contributed by atoms with Gasteiger partial charge in [0.25, 0.3) is 0 Å². The average molecular weight is 319 g/mol. The van der Waals surface area contributed by atoms with Crippen LogP contribution in [0.3, 0.4) is 0 Å². The summed E-state index contributed by atoms with van der Waals surface area (Å²) in [5.41, 5.74) is 4.30. The molecule has 0 spiro atoms. The summed E-state index contributed by atoms with van der Waals surface area (Å²) < 4.78 is 5.71. The van der Waals surface area contributed by atoms with Gasteiger partial charge in [0.2, 0.25) is 0 Å². The Labute approximate surface area is 142 Å². The summed E-state index contributed by atoms with van der Waals surface area (Å²) in [6.07, 6.45) is 2.36. The van der Waals surface area contributed by atoms with E-state index in [1.807, 2.05) is 0 Å². The molecule has 0 saturated heterocycles. The number of anilines is 1. The van der Waals surface area contributed by atoms with Gasteiger partial charge in [-0.25, -0.2) is 0 Å².